The van der Waals surface area contributed by atoms with Crippen molar-refractivity contribution in [1.82, 2.24) is 0 Å². The molecule has 0 saturated carbocycles. The Morgan fingerprint density at radius 1 is 1.56 bits per heavy atom. The summed E-state index contributed by atoms with van der Waals surface area (Å²) in [5, 5.41) is 11.2. The highest BCUT2D eigenvalue weighted by molar-refractivity contribution is 9.10. The minimum Gasteiger partial charge on any atom is -0.370 e. The minimum atomic E-state index is -0.844. The molecule has 0 bridgehead atoms. The first kappa shape index (κ1) is 13.4. The molecule has 4 nitrogen and oxygen atoms in total. The van der Waals surface area contributed by atoms with Gasteiger partial charge in [0.15, 0.2) is 6.10 Å². The van der Waals surface area contributed by atoms with Crippen LogP contribution in [0.25, 0.3) is 0 Å². The van der Waals surface area contributed by atoms with E-state index in [0.29, 0.717) is 10.6 Å². The molecular formula is C10H11BrClNO3. The van der Waals surface area contributed by atoms with Gasteiger partial charge in [0, 0.05) is 34.0 Å². The van der Waals surface area contributed by atoms with E-state index >= 15 is 0 Å². The highest BCUT2D eigenvalue weighted by Gasteiger charge is 2.29. The van der Waals surface area contributed by atoms with E-state index < -0.39 is 12.1 Å². The predicted molar refractivity (Wildman–Crippen MR) is 65.4 cm³/mol. The van der Waals surface area contributed by atoms with Gasteiger partial charge >= 0.3 is 0 Å². The third-order valence-corrected chi connectivity index (χ3v) is 3.11. The molecule has 0 spiro atoms. The molecule has 0 fully saturated rings. The molecule has 1 rings (SSSR count). The molecule has 0 saturated heterocycles. The summed E-state index contributed by atoms with van der Waals surface area (Å²) < 4.78 is 5.96. The molecule has 88 valence electrons. The van der Waals surface area contributed by atoms with Crippen molar-refractivity contribution in [3.63, 3.8) is 0 Å². The second-order valence-electron chi connectivity index (χ2n) is 3.35. The zero-order valence-electron chi connectivity index (χ0n) is 8.81. The number of ether oxygens (including phenoxy) is 1. The number of nitro groups is 1. The summed E-state index contributed by atoms with van der Waals surface area (Å²) in [6, 6.07) is 4.35. The van der Waals surface area contributed by atoms with Gasteiger partial charge in [-0.2, -0.15) is 0 Å². The lowest BCUT2D eigenvalue weighted by Gasteiger charge is -2.18. The maximum atomic E-state index is 10.7. The molecule has 0 amide bonds. The van der Waals surface area contributed by atoms with E-state index in [2.05, 4.69) is 15.9 Å². The number of rotatable bonds is 4. The first-order chi connectivity index (χ1) is 7.47. The van der Waals surface area contributed by atoms with Crippen molar-refractivity contribution in [3.05, 3.63) is 43.4 Å². The third kappa shape index (κ3) is 2.93. The smallest absolute Gasteiger partial charge is 0.240 e. The van der Waals surface area contributed by atoms with Crippen molar-refractivity contribution >= 4 is 27.5 Å². The van der Waals surface area contributed by atoms with Crippen molar-refractivity contribution < 1.29 is 9.66 Å². The molecule has 0 radical (unpaired) electrons. The van der Waals surface area contributed by atoms with Gasteiger partial charge in [0.05, 0.1) is 0 Å². The Kier molecular flexibility index (Phi) is 4.70. The topological polar surface area (TPSA) is 52.4 Å². The van der Waals surface area contributed by atoms with Gasteiger partial charge in [-0.15, -0.1) is 0 Å². The summed E-state index contributed by atoms with van der Waals surface area (Å²) in [4.78, 5) is 10.3. The van der Waals surface area contributed by atoms with Crippen LogP contribution >= 0.6 is 27.5 Å². The van der Waals surface area contributed by atoms with Crippen LogP contribution < -0.4 is 0 Å². The summed E-state index contributed by atoms with van der Waals surface area (Å²) in [6.45, 7) is 1.49. The highest BCUT2D eigenvalue weighted by Crippen LogP contribution is 2.30. The van der Waals surface area contributed by atoms with Crippen LogP contribution in [0.3, 0.4) is 0 Å². The fourth-order valence-electron chi connectivity index (χ4n) is 1.43. The first-order valence-electron chi connectivity index (χ1n) is 4.58. The summed E-state index contributed by atoms with van der Waals surface area (Å²) in [5.41, 5.74) is 0.622. The first-order valence-corrected chi connectivity index (χ1v) is 5.75. The van der Waals surface area contributed by atoms with E-state index in [1.165, 1.54) is 14.0 Å². The number of benzene rings is 1. The van der Waals surface area contributed by atoms with E-state index in [1.807, 2.05) is 0 Å². The molecule has 2 unspecified atom stereocenters. The molecule has 6 heteroatoms. The fraction of sp³-hybridized carbons (Fsp3) is 0.400. The van der Waals surface area contributed by atoms with E-state index in [4.69, 9.17) is 16.3 Å². The van der Waals surface area contributed by atoms with Crippen molar-refractivity contribution in [2.45, 2.75) is 19.1 Å². The number of nitrogens with zero attached hydrogens (tertiary/aromatic N) is 1. The fourth-order valence-corrected chi connectivity index (χ4v) is 2.21. The molecule has 0 aromatic heterocycles. The Balaban J connectivity index is 3.08. The SMILES string of the molecule is COC(c1ccc(Br)cc1Cl)C(C)[N+](=O)[O-]. The van der Waals surface area contributed by atoms with Crippen molar-refractivity contribution in [3.8, 4) is 0 Å². The lowest BCUT2D eigenvalue weighted by atomic mass is 10.0. The maximum absolute atomic E-state index is 10.7. The molecule has 16 heavy (non-hydrogen) atoms. The van der Waals surface area contributed by atoms with Gasteiger partial charge in [0.2, 0.25) is 6.04 Å². The van der Waals surface area contributed by atoms with Crippen molar-refractivity contribution in [2.75, 3.05) is 7.11 Å². The Morgan fingerprint density at radius 3 is 2.62 bits per heavy atom. The van der Waals surface area contributed by atoms with Crippen LogP contribution in [-0.2, 0) is 4.74 Å². The second-order valence-corrected chi connectivity index (χ2v) is 4.67. The van der Waals surface area contributed by atoms with Gasteiger partial charge in [0.25, 0.3) is 0 Å². The number of hydrogen-bond acceptors (Lipinski definition) is 3. The monoisotopic (exact) mass is 307 g/mol. The van der Waals surface area contributed by atoms with Gasteiger partial charge < -0.3 is 4.74 Å². The zero-order valence-corrected chi connectivity index (χ0v) is 11.2. The molecule has 0 aliphatic heterocycles. The van der Waals surface area contributed by atoms with Gasteiger partial charge in [-0.05, 0) is 12.1 Å². The molecular weight excluding hydrogens is 297 g/mol. The van der Waals surface area contributed by atoms with Crippen LogP contribution in [0.2, 0.25) is 5.02 Å². The van der Waals surface area contributed by atoms with Crippen LogP contribution in [0.1, 0.15) is 18.6 Å². The quantitative estimate of drug-likeness (QED) is 0.632. The molecule has 1 aromatic carbocycles. The van der Waals surface area contributed by atoms with Crippen LogP contribution in [0.4, 0.5) is 0 Å². The summed E-state index contributed by atoms with van der Waals surface area (Å²) in [6.07, 6.45) is -0.643. The number of hydrogen-bond donors (Lipinski definition) is 0. The Morgan fingerprint density at radius 2 is 2.19 bits per heavy atom. The lowest BCUT2D eigenvalue weighted by Crippen LogP contribution is -2.25. The van der Waals surface area contributed by atoms with Crippen LogP contribution in [0.5, 0.6) is 0 Å². The van der Waals surface area contributed by atoms with Gasteiger partial charge in [-0.1, -0.05) is 33.6 Å². The van der Waals surface area contributed by atoms with Crippen molar-refractivity contribution in [1.29, 1.82) is 0 Å². The minimum absolute atomic E-state index is 0.382. The Labute approximate surface area is 107 Å². The standard InChI is InChI=1S/C10H11BrClNO3/c1-6(13(14)15)10(16-2)8-4-3-7(11)5-9(8)12/h3-6,10H,1-2H3. The van der Waals surface area contributed by atoms with E-state index in [-0.39, 0.29) is 4.92 Å². The average molecular weight is 309 g/mol. The molecule has 0 aliphatic carbocycles. The molecule has 2 atom stereocenters. The largest absolute Gasteiger partial charge is 0.370 e. The van der Waals surface area contributed by atoms with E-state index in [1.54, 1.807) is 18.2 Å². The summed E-state index contributed by atoms with van der Waals surface area (Å²) in [7, 11) is 1.43. The molecule has 0 N–H and O–H groups in total. The predicted octanol–water partition coefficient (Wildman–Crippen LogP) is 3.46. The van der Waals surface area contributed by atoms with Crippen LogP contribution in [0.15, 0.2) is 22.7 Å². The average Bonchev–Trinajstić information content (AvgIpc) is 2.21. The summed E-state index contributed by atoms with van der Waals surface area (Å²) in [5.74, 6) is 0. The Hall–Kier alpha value is -0.650. The van der Waals surface area contributed by atoms with Gasteiger partial charge in [-0.3, -0.25) is 10.1 Å². The third-order valence-electron chi connectivity index (χ3n) is 2.29. The van der Waals surface area contributed by atoms with Crippen LogP contribution in [0, 0.1) is 10.1 Å². The second kappa shape index (κ2) is 5.61. The van der Waals surface area contributed by atoms with Gasteiger partial charge in [0.1, 0.15) is 0 Å². The Bertz CT molecular complexity index is 400. The van der Waals surface area contributed by atoms with E-state index in [0.717, 1.165) is 4.47 Å². The zero-order chi connectivity index (χ0) is 12.3. The molecule has 0 heterocycles. The highest BCUT2D eigenvalue weighted by atomic mass is 79.9. The maximum Gasteiger partial charge on any atom is 0.240 e. The summed E-state index contributed by atoms with van der Waals surface area (Å²) >= 11 is 9.29. The van der Waals surface area contributed by atoms with Crippen LogP contribution in [-0.4, -0.2) is 18.1 Å². The number of halogens is 2. The molecule has 1 aromatic rings. The van der Waals surface area contributed by atoms with Gasteiger partial charge in [-0.25, -0.2) is 0 Å². The van der Waals surface area contributed by atoms with Crippen molar-refractivity contribution in [2.24, 2.45) is 0 Å². The normalized spacial score (nSPS) is 14.5. The lowest BCUT2D eigenvalue weighted by molar-refractivity contribution is -0.531. The number of methoxy groups -OCH3 is 1. The molecule has 0 aliphatic rings. The van der Waals surface area contributed by atoms with E-state index in [9.17, 15) is 10.1 Å².